The maximum absolute atomic E-state index is 14.8. The molecule has 0 aliphatic rings. The average molecular weight is 402 g/mol. The van der Waals surface area contributed by atoms with E-state index in [1.165, 1.54) is 6.07 Å². The van der Waals surface area contributed by atoms with Gasteiger partial charge in [0.1, 0.15) is 18.2 Å². The Morgan fingerprint density at radius 2 is 1.40 bits per heavy atom. The van der Waals surface area contributed by atoms with Gasteiger partial charge in [0, 0.05) is 17.7 Å². The summed E-state index contributed by atoms with van der Waals surface area (Å²) in [6.07, 6.45) is 2.19. The van der Waals surface area contributed by atoms with Crippen LogP contribution in [0.2, 0.25) is 0 Å². The van der Waals surface area contributed by atoms with Gasteiger partial charge in [0.05, 0.1) is 0 Å². The van der Waals surface area contributed by atoms with Gasteiger partial charge in [0.2, 0.25) is 0 Å². The van der Waals surface area contributed by atoms with Gasteiger partial charge in [-0.25, -0.2) is 14.0 Å². The first kappa shape index (κ1) is 20.7. The molecule has 0 aliphatic heterocycles. The maximum atomic E-state index is 14.8. The van der Waals surface area contributed by atoms with Gasteiger partial charge in [-0.05, 0) is 40.5 Å². The van der Waals surface area contributed by atoms with Crippen molar-refractivity contribution in [3.63, 3.8) is 0 Å². The number of halogens is 1. The topological polar surface area (TPSA) is 52.6 Å². The van der Waals surface area contributed by atoms with Crippen LogP contribution in [0.15, 0.2) is 92.0 Å². The third-order valence-electron chi connectivity index (χ3n) is 4.35. The zero-order valence-corrected chi connectivity index (χ0v) is 16.1. The minimum atomic E-state index is -0.539. The SMILES string of the molecule is C=CC(=O)OCc1ccc(-c2ccc(-c3ccc(OC(=O)C=C)cc3)cc2F)cc1. The number of ether oxygens (including phenoxy) is 2. The fourth-order valence-electron chi connectivity index (χ4n) is 2.80. The molecule has 5 heteroatoms. The third kappa shape index (κ3) is 5.08. The van der Waals surface area contributed by atoms with E-state index in [4.69, 9.17) is 9.47 Å². The second kappa shape index (κ2) is 9.47. The zero-order valence-electron chi connectivity index (χ0n) is 16.1. The maximum Gasteiger partial charge on any atom is 0.335 e. The normalized spacial score (nSPS) is 10.2. The van der Waals surface area contributed by atoms with Gasteiger partial charge in [0.15, 0.2) is 0 Å². The van der Waals surface area contributed by atoms with E-state index in [1.54, 1.807) is 54.6 Å². The van der Waals surface area contributed by atoms with E-state index in [2.05, 4.69) is 13.2 Å². The van der Waals surface area contributed by atoms with Crippen molar-refractivity contribution in [3.05, 3.63) is 103 Å². The van der Waals surface area contributed by atoms with Crippen molar-refractivity contribution in [2.45, 2.75) is 6.61 Å². The largest absolute Gasteiger partial charge is 0.458 e. The van der Waals surface area contributed by atoms with E-state index in [9.17, 15) is 14.0 Å². The van der Waals surface area contributed by atoms with Crippen LogP contribution >= 0.6 is 0 Å². The van der Waals surface area contributed by atoms with Gasteiger partial charge in [-0.2, -0.15) is 0 Å². The first-order valence-electron chi connectivity index (χ1n) is 9.13. The second-order valence-electron chi connectivity index (χ2n) is 6.35. The van der Waals surface area contributed by atoms with Gasteiger partial charge in [0.25, 0.3) is 0 Å². The summed E-state index contributed by atoms with van der Waals surface area (Å²) in [5.41, 5.74) is 3.46. The lowest BCUT2D eigenvalue weighted by Crippen LogP contribution is -2.02. The van der Waals surface area contributed by atoms with Gasteiger partial charge in [-0.1, -0.05) is 61.7 Å². The molecule has 3 aromatic carbocycles. The Morgan fingerprint density at radius 1 is 0.800 bits per heavy atom. The van der Waals surface area contributed by atoms with Crippen LogP contribution in [0.3, 0.4) is 0 Å². The van der Waals surface area contributed by atoms with Crippen LogP contribution in [-0.2, 0) is 20.9 Å². The number of hydrogen-bond donors (Lipinski definition) is 0. The van der Waals surface area contributed by atoms with Crippen LogP contribution in [0, 0.1) is 5.82 Å². The number of benzene rings is 3. The predicted molar refractivity (Wildman–Crippen MR) is 113 cm³/mol. The van der Waals surface area contributed by atoms with E-state index in [0.717, 1.165) is 23.3 Å². The van der Waals surface area contributed by atoms with E-state index >= 15 is 0 Å². The van der Waals surface area contributed by atoms with Crippen LogP contribution in [0.4, 0.5) is 4.39 Å². The molecule has 3 rings (SSSR count). The summed E-state index contributed by atoms with van der Waals surface area (Å²) in [7, 11) is 0. The van der Waals surface area contributed by atoms with E-state index in [1.807, 2.05) is 6.07 Å². The first-order valence-corrected chi connectivity index (χ1v) is 9.13. The second-order valence-corrected chi connectivity index (χ2v) is 6.35. The molecule has 30 heavy (non-hydrogen) atoms. The fourth-order valence-corrected chi connectivity index (χ4v) is 2.80. The molecule has 4 nitrogen and oxygen atoms in total. The molecule has 0 aromatic heterocycles. The molecule has 0 bridgehead atoms. The Kier molecular flexibility index (Phi) is 6.55. The van der Waals surface area contributed by atoms with Crippen molar-refractivity contribution >= 4 is 11.9 Å². The van der Waals surface area contributed by atoms with Crippen LogP contribution < -0.4 is 4.74 Å². The molecule has 0 atom stereocenters. The zero-order chi connectivity index (χ0) is 21.5. The minimum Gasteiger partial charge on any atom is -0.458 e. The molecule has 0 aliphatic carbocycles. The highest BCUT2D eigenvalue weighted by Crippen LogP contribution is 2.29. The predicted octanol–water partition coefficient (Wildman–Crippen LogP) is 5.48. The molecule has 0 saturated carbocycles. The molecule has 0 heterocycles. The number of rotatable bonds is 7. The molecule has 0 fully saturated rings. The van der Waals surface area contributed by atoms with Gasteiger partial charge in [-0.3, -0.25) is 0 Å². The highest BCUT2D eigenvalue weighted by Gasteiger charge is 2.09. The Morgan fingerprint density at radius 3 is 2.00 bits per heavy atom. The fraction of sp³-hybridized carbons (Fsp3) is 0.0400. The van der Waals surface area contributed by atoms with Crippen molar-refractivity contribution in [1.29, 1.82) is 0 Å². The molecular weight excluding hydrogens is 383 g/mol. The average Bonchev–Trinajstić information content (AvgIpc) is 2.78. The lowest BCUT2D eigenvalue weighted by molar-refractivity contribution is -0.139. The van der Waals surface area contributed by atoms with Crippen molar-refractivity contribution in [3.8, 4) is 28.0 Å². The smallest absolute Gasteiger partial charge is 0.335 e. The molecule has 3 aromatic rings. The van der Waals surface area contributed by atoms with Crippen molar-refractivity contribution < 1.29 is 23.5 Å². The Labute approximate surface area is 173 Å². The van der Waals surface area contributed by atoms with Crippen molar-refractivity contribution in [1.82, 2.24) is 0 Å². The Bertz CT molecular complexity index is 1080. The summed E-state index contributed by atoms with van der Waals surface area (Å²) < 4.78 is 24.8. The van der Waals surface area contributed by atoms with E-state index in [-0.39, 0.29) is 12.4 Å². The standard InChI is InChI=1S/C25H19FO4/c1-3-24(27)29-16-17-5-7-19(8-6-17)22-14-11-20(15-23(22)26)18-9-12-21(13-10-18)30-25(28)4-2/h3-15H,1-2,16H2. The molecule has 0 N–H and O–H groups in total. The summed E-state index contributed by atoms with van der Waals surface area (Å²) in [5, 5.41) is 0. The summed E-state index contributed by atoms with van der Waals surface area (Å²) in [5.74, 6) is -1.00. The Hall–Kier alpha value is -3.99. The van der Waals surface area contributed by atoms with E-state index in [0.29, 0.717) is 22.4 Å². The summed E-state index contributed by atoms with van der Waals surface area (Å²) in [6, 6.07) is 18.9. The minimum absolute atomic E-state index is 0.130. The number of hydrogen-bond acceptors (Lipinski definition) is 4. The molecule has 0 unspecified atom stereocenters. The molecule has 0 radical (unpaired) electrons. The third-order valence-corrected chi connectivity index (χ3v) is 4.35. The van der Waals surface area contributed by atoms with Gasteiger partial charge >= 0.3 is 11.9 Å². The van der Waals surface area contributed by atoms with Gasteiger partial charge < -0.3 is 9.47 Å². The van der Waals surface area contributed by atoms with Crippen LogP contribution in [0.25, 0.3) is 22.3 Å². The van der Waals surface area contributed by atoms with Crippen molar-refractivity contribution in [2.75, 3.05) is 0 Å². The molecule has 0 saturated heterocycles. The van der Waals surface area contributed by atoms with E-state index < -0.39 is 11.9 Å². The molecule has 0 spiro atoms. The number of carbonyl (C=O) groups excluding carboxylic acids is 2. The van der Waals surface area contributed by atoms with Crippen LogP contribution in [0.5, 0.6) is 5.75 Å². The Balaban J connectivity index is 1.75. The quantitative estimate of drug-likeness (QED) is 0.298. The summed E-state index contributed by atoms with van der Waals surface area (Å²) in [4.78, 5) is 22.4. The summed E-state index contributed by atoms with van der Waals surface area (Å²) >= 11 is 0. The lowest BCUT2D eigenvalue weighted by atomic mass is 9.99. The molecule has 150 valence electrons. The monoisotopic (exact) mass is 402 g/mol. The number of carbonyl (C=O) groups is 2. The first-order chi connectivity index (χ1) is 14.5. The molecule has 0 amide bonds. The van der Waals surface area contributed by atoms with Crippen LogP contribution in [0.1, 0.15) is 5.56 Å². The highest BCUT2D eigenvalue weighted by atomic mass is 19.1. The lowest BCUT2D eigenvalue weighted by Gasteiger charge is -2.09. The molecular formula is C25H19FO4. The summed E-state index contributed by atoms with van der Waals surface area (Å²) in [6.45, 7) is 6.82. The van der Waals surface area contributed by atoms with Crippen molar-refractivity contribution in [2.24, 2.45) is 0 Å². The number of esters is 2. The van der Waals surface area contributed by atoms with Crippen LogP contribution in [-0.4, -0.2) is 11.9 Å². The van der Waals surface area contributed by atoms with Gasteiger partial charge in [-0.15, -0.1) is 0 Å². The highest BCUT2D eigenvalue weighted by molar-refractivity contribution is 5.83.